The van der Waals surface area contributed by atoms with E-state index in [-0.39, 0.29) is 5.91 Å². The molecule has 1 aromatic carbocycles. The molecular weight excluding hydrogens is 527 g/mol. The lowest BCUT2D eigenvalue weighted by Gasteiger charge is -2.23. The van der Waals surface area contributed by atoms with Crippen LogP contribution in [0.2, 0.25) is 0 Å². The fourth-order valence-corrected chi connectivity index (χ4v) is 4.26. The summed E-state index contributed by atoms with van der Waals surface area (Å²) in [5.74, 6) is -0.470. The van der Waals surface area contributed by atoms with Crippen LogP contribution in [0, 0.1) is 12.8 Å². The van der Waals surface area contributed by atoms with Crippen molar-refractivity contribution in [1.82, 2.24) is 24.9 Å². The molecule has 12 heteroatoms. The average molecular weight is 560 g/mol. The highest BCUT2D eigenvalue weighted by Crippen LogP contribution is 2.37. The highest BCUT2D eigenvalue weighted by atomic mass is 32.1. The third kappa shape index (κ3) is 8.16. The third-order valence-electron chi connectivity index (χ3n) is 6.16. The maximum Gasteiger partial charge on any atom is 0.391 e. The molecule has 1 saturated carbocycles. The molecule has 3 aromatic heterocycles. The van der Waals surface area contributed by atoms with Gasteiger partial charge in [0.25, 0.3) is 0 Å². The van der Waals surface area contributed by atoms with E-state index in [2.05, 4.69) is 48.2 Å². The minimum Gasteiger partial charge on any atom is -0.341 e. The van der Waals surface area contributed by atoms with Crippen molar-refractivity contribution in [2.75, 3.05) is 16.9 Å². The van der Waals surface area contributed by atoms with E-state index < -0.39 is 12.1 Å². The van der Waals surface area contributed by atoms with E-state index in [1.807, 2.05) is 37.3 Å². The number of nitrogens with zero attached hydrogens (tertiary/aromatic N) is 4. The predicted octanol–water partition coefficient (Wildman–Crippen LogP) is 7.10. The molecule has 1 aliphatic rings. The van der Waals surface area contributed by atoms with Gasteiger partial charge >= 0.3 is 6.18 Å². The first-order valence-corrected chi connectivity index (χ1v) is 13.4. The number of hydrogen-bond acceptors (Lipinski definition) is 7. The Labute approximate surface area is 230 Å². The van der Waals surface area contributed by atoms with Crippen LogP contribution in [0.1, 0.15) is 44.6 Å². The highest BCUT2D eigenvalue weighted by Gasteiger charge is 2.39. The first-order valence-electron chi connectivity index (χ1n) is 12.5. The summed E-state index contributed by atoms with van der Waals surface area (Å²) in [7, 11) is 0. The van der Waals surface area contributed by atoms with E-state index in [1.165, 1.54) is 13.3 Å². The van der Waals surface area contributed by atoms with Gasteiger partial charge in [0.2, 0.25) is 5.91 Å². The van der Waals surface area contributed by atoms with Gasteiger partial charge < -0.3 is 15.6 Å². The third-order valence-corrected chi connectivity index (χ3v) is 6.16. The van der Waals surface area contributed by atoms with Crippen molar-refractivity contribution in [3.8, 4) is 11.3 Å². The van der Waals surface area contributed by atoms with Gasteiger partial charge in [0, 0.05) is 30.1 Å². The van der Waals surface area contributed by atoms with Crippen LogP contribution < -0.4 is 10.6 Å². The zero-order valence-corrected chi connectivity index (χ0v) is 22.9. The van der Waals surface area contributed by atoms with Crippen LogP contribution in [-0.4, -0.2) is 43.3 Å². The topological polar surface area (TPSA) is 108 Å². The second-order valence-electron chi connectivity index (χ2n) is 8.94. The second-order valence-corrected chi connectivity index (χ2v) is 8.94. The van der Waals surface area contributed by atoms with E-state index in [0.717, 1.165) is 41.6 Å². The van der Waals surface area contributed by atoms with Crippen molar-refractivity contribution in [3.63, 3.8) is 0 Å². The van der Waals surface area contributed by atoms with Crippen molar-refractivity contribution in [2.45, 2.75) is 52.1 Å². The molecule has 4 aromatic rings. The van der Waals surface area contributed by atoms with Crippen molar-refractivity contribution in [3.05, 3.63) is 54.7 Å². The number of aromatic amines is 1. The number of carbonyl (C=O) groups is 1. The molecule has 0 saturated heterocycles. The van der Waals surface area contributed by atoms with Gasteiger partial charge in [-0.2, -0.15) is 25.8 Å². The van der Waals surface area contributed by atoms with E-state index in [9.17, 15) is 18.0 Å². The number of benzene rings is 1. The van der Waals surface area contributed by atoms with Crippen molar-refractivity contribution < 1.29 is 18.0 Å². The van der Waals surface area contributed by atoms with Crippen molar-refractivity contribution >= 4 is 46.9 Å². The number of halogens is 3. The normalized spacial score (nSPS) is 13.5. The molecule has 8 nitrogen and oxygen atoms in total. The molecule has 5 rings (SSSR count). The quantitative estimate of drug-likeness (QED) is 0.199. The number of imidazole rings is 1. The van der Waals surface area contributed by atoms with Gasteiger partial charge in [0.15, 0.2) is 5.65 Å². The number of aryl methyl sites for hydroxylation is 1. The zero-order valence-electron chi connectivity index (χ0n) is 22.0. The molecule has 1 aliphatic carbocycles. The first kappa shape index (κ1) is 29.9. The molecule has 3 heterocycles. The second kappa shape index (κ2) is 13.9. The van der Waals surface area contributed by atoms with Crippen LogP contribution >= 0.6 is 12.6 Å². The molecule has 0 spiro atoms. The van der Waals surface area contributed by atoms with Gasteiger partial charge in [0.05, 0.1) is 12.2 Å². The Morgan fingerprint density at radius 1 is 1.05 bits per heavy atom. The number of hydrogen-bond donors (Lipinski definition) is 4. The number of thiol groups is 1. The van der Waals surface area contributed by atoms with Gasteiger partial charge in [-0.25, -0.2) is 19.9 Å². The first-order chi connectivity index (χ1) is 18.7. The monoisotopic (exact) mass is 559 g/mol. The predicted molar refractivity (Wildman–Crippen MR) is 151 cm³/mol. The van der Waals surface area contributed by atoms with E-state index in [1.54, 1.807) is 18.8 Å². The number of carbonyl (C=O) groups excluding carboxylic acids is 1. The average Bonchev–Trinajstić information content (AvgIpc) is 3.42. The Kier molecular flexibility index (Phi) is 10.7. The number of anilines is 3. The van der Waals surface area contributed by atoms with Gasteiger partial charge in [-0.15, -0.1) is 0 Å². The largest absolute Gasteiger partial charge is 0.391 e. The van der Waals surface area contributed by atoms with Gasteiger partial charge in [-0.05, 0) is 55.9 Å². The van der Waals surface area contributed by atoms with Crippen molar-refractivity contribution in [1.29, 1.82) is 0 Å². The molecule has 0 unspecified atom stereocenters. The van der Waals surface area contributed by atoms with Crippen LogP contribution in [0.5, 0.6) is 0 Å². The van der Waals surface area contributed by atoms with Crippen LogP contribution in [0.25, 0.3) is 22.4 Å². The van der Waals surface area contributed by atoms with Gasteiger partial charge in [-0.1, -0.05) is 25.3 Å². The van der Waals surface area contributed by atoms with Gasteiger partial charge in [0.1, 0.15) is 23.4 Å². The number of alkyl halides is 3. The Hall–Kier alpha value is -3.67. The SMILES string of the molecule is CC(=O)Nc1ccc(C)c(Nc2ncccc2-c2ncnc3nc[nH]c23)c1.CS.FC(F)(F)C1CCCCC1. The van der Waals surface area contributed by atoms with Crippen LogP contribution in [0.15, 0.2) is 49.2 Å². The van der Waals surface area contributed by atoms with Crippen LogP contribution in [0.3, 0.4) is 0 Å². The summed E-state index contributed by atoms with van der Waals surface area (Å²) in [5.41, 5.74) is 5.45. The summed E-state index contributed by atoms with van der Waals surface area (Å²) in [6.07, 6.45) is 5.74. The number of amides is 1. The molecule has 39 heavy (non-hydrogen) atoms. The fraction of sp³-hybridized carbons (Fsp3) is 0.370. The van der Waals surface area contributed by atoms with Crippen LogP contribution in [0.4, 0.5) is 30.4 Å². The standard InChI is InChI=1S/C19H17N7O.C7H11F3.CH4S/c1-11-5-6-13(25-12(2)27)8-15(11)26-18-14(4-3-7-20-18)16-17-19(23-9-21-16)24-10-22-17;8-7(9,10)6-4-2-1-3-5-6;1-2/h3-10H,1-2H3,(H,20,26)(H,25,27)(H,21,22,23,24);6H,1-5H2;2H,1H3. The molecule has 0 bridgehead atoms. The summed E-state index contributed by atoms with van der Waals surface area (Å²) in [6, 6.07) is 9.46. The molecular formula is C27H32F3N7OS. The lowest BCUT2D eigenvalue weighted by atomic mass is 9.89. The summed E-state index contributed by atoms with van der Waals surface area (Å²) in [4.78, 5) is 31.7. The maximum absolute atomic E-state index is 11.9. The molecule has 0 aliphatic heterocycles. The van der Waals surface area contributed by atoms with Crippen LogP contribution in [-0.2, 0) is 4.79 Å². The van der Waals surface area contributed by atoms with Gasteiger partial charge in [-0.3, -0.25) is 4.79 Å². The number of fused-ring (bicyclic) bond motifs is 1. The molecule has 208 valence electrons. The maximum atomic E-state index is 11.9. The zero-order chi connectivity index (χ0) is 28.4. The Balaban J connectivity index is 0.000000294. The molecule has 1 fully saturated rings. The van der Waals surface area contributed by atoms with Crippen molar-refractivity contribution in [2.24, 2.45) is 5.92 Å². The molecule has 3 N–H and O–H groups in total. The Morgan fingerprint density at radius 2 is 1.79 bits per heavy atom. The van der Waals surface area contributed by atoms with E-state index in [4.69, 9.17) is 0 Å². The minimum atomic E-state index is -3.93. The highest BCUT2D eigenvalue weighted by molar-refractivity contribution is 7.79. The number of pyridine rings is 1. The molecule has 0 radical (unpaired) electrons. The lowest BCUT2D eigenvalue weighted by Crippen LogP contribution is -2.24. The summed E-state index contributed by atoms with van der Waals surface area (Å²) >= 11 is 3.53. The number of rotatable bonds is 4. The fourth-order valence-electron chi connectivity index (χ4n) is 4.26. The summed E-state index contributed by atoms with van der Waals surface area (Å²) in [5, 5.41) is 6.14. The van der Waals surface area contributed by atoms with E-state index >= 15 is 0 Å². The number of nitrogens with one attached hydrogen (secondary N) is 3. The minimum absolute atomic E-state index is 0.119. The Morgan fingerprint density at radius 3 is 2.46 bits per heavy atom. The smallest absolute Gasteiger partial charge is 0.341 e. The Bertz CT molecular complexity index is 1370. The number of H-pyrrole nitrogens is 1. The lowest BCUT2D eigenvalue weighted by molar-refractivity contribution is -0.181. The summed E-state index contributed by atoms with van der Waals surface area (Å²) < 4.78 is 35.8. The number of aromatic nitrogens is 5. The molecule has 0 atom stereocenters. The van der Waals surface area contributed by atoms with E-state index in [0.29, 0.717) is 35.7 Å². The molecule has 1 amide bonds. The summed E-state index contributed by atoms with van der Waals surface area (Å²) in [6.45, 7) is 3.47.